The molecule has 200 valence electrons. The van der Waals surface area contributed by atoms with Crippen molar-refractivity contribution in [2.45, 2.75) is 56.9 Å². The maximum absolute atomic E-state index is 14.3. The third-order valence-corrected chi connectivity index (χ3v) is 7.86. The fourth-order valence-corrected chi connectivity index (χ4v) is 5.87. The van der Waals surface area contributed by atoms with E-state index in [0.717, 1.165) is 56.6 Å². The highest BCUT2D eigenvalue weighted by Crippen LogP contribution is 2.47. The Morgan fingerprint density at radius 3 is 2.70 bits per heavy atom. The minimum atomic E-state index is -0.539. The zero-order valence-corrected chi connectivity index (χ0v) is 22.2. The molecular weight excluding hydrogens is 468 g/mol. The summed E-state index contributed by atoms with van der Waals surface area (Å²) in [6.45, 7) is 4.40. The number of carbonyl (C=O) groups is 1. The van der Waals surface area contributed by atoms with Gasteiger partial charge in [0.15, 0.2) is 0 Å². The van der Waals surface area contributed by atoms with E-state index in [2.05, 4.69) is 52.7 Å². The highest BCUT2D eigenvalue weighted by atomic mass is 16.5. The van der Waals surface area contributed by atoms with Crippen LogP contribution in [0.4, 0.5) is 0 Å². The summed E-state index contributed by atoms with van der Waals surface area (Å²) in [4.78, 5) is 16.4. The van der Waals surface area contributed by atoms with Gasteiger partial charge in [-0.25, -0.2) is 0 Å². The van der Waals surface area contributed by atoms with Crippen LogP contribution in [0, 0.1) is 5.92 Å². The Balaban J connectivity index is 1.39. The van der Waals surface area contributed by atoms with E-state index in [9.17, 15) is 4.79 Å². The summed E-state index contributed by atoms with van der Waals surface area (Å²) in [6.07, 6.45) is 4.77. The van der Waals surface area contributed by atoms with E-state index in [-0.39, 0.29) is 17.9 Å². The van der Waals surface area contributed by atoms with E-state index in [0.29, 0.717) is 32.9 Å². The Labute approximate surface area is 220 Å². The molecule has 3 aliphatic rings. The Bertz CT molecular complexity index is 1040. The molecule has 2 aliphatic heterocycles. The Hall–Kier alpha value is -2.45. The van der Waals surface area contributed by atoms with Crippen LogP contribution in [-0.4, -0.2) is 64.0 Å². The van der Waals surface area contributed by atoms with E-state index < -0.39 is 5.60 Å². The van der Waals surface area contributed by atoms with Crippen LogP contribution in [-0.2, 0) is 44.2 Å². The normalized spacial score (nSPS) is 22.7. The van der Waals surface area contributed by atoms with Crippen molar-refractivity contribution in [3.8, 4) is 5.75 Å². The summed E-state index contributed by atoms with van der Waals surface area (Å²) in [7, 11) is 3.41. The summed E-state index contributed by atoms with van der Waals surface area (Å²) < 4.78 is 22.9. The number of piperidine rings is 1. The summed E-state index contributed by atoms with van der Waals surface area (Å²) in [6, 6.07) is 15.1. The molecule has 1 aliphatic carbocycles. The lowest BCUT2D eigenvalue weighted by Crippen LogP contribution is -2.55. The van der Waals surface area contributed by atoms with E-state index in [1.165, 1.54) is 16.7 Å². The minimum absolute atomic E-state index is 0.193. The Morgan fingerprint density at radius 2 is 1.89 bits per heavy atom. The molecule has 1 saturated carbocycles. The van der Waals surface area contributed by atoms with Crippen LogP contribution in [0.3, 0.4) is 0 Å². The van der Waals surface area contributed by atoms with Crippen LogP contribution in [0.15, 0.2) is 42.5 Å². The lowest BCUT2D eigenvalue weighted by molar-refractivity contribution is -0.157. The van der Waals surface area contributed by atoms with Crippen molar-refractivity contribution in [1.29, 1.82) is 0 Å². The number of fused-ring (bicyclic) bond motifs is 2. The van der Waals surface area contributed by atoms with Crippen LogP contribution in [0.5, 0.6) is 5.75 Å². The van der Waals surface area contributed by atoms with Gasteiger partial charge in [-0.3, -0.25) is 4.79 Å². The van der Waals surface area contributed by atoms with Crippen molar-refractivity contribution >= 4 is 5.91 Å². The topological polar surface area (TPSA) is 69.3 Å². The third-order valence-electron chi connectivity index (χ3n) is 7.86. The summed E-state index contributed by atoms with van der Waals surface area (Å²) in [5, 5.41) is 3.48. The molecule has 2 fully saturated rings. The molecule has 1 amide bonds. The predicted octanol–water partition coefficient (Wildman–Crippen LogP) is 3.82. The number of aryl methyl sites for hydroxylation is 1. The van der Waals surface area contributed by atoms with Gasteiger partial charge in [0.1, 0.15) is 18.0 Å². The number of amides is 1. The smallest absolute Gasteiger partial charge is 0.230 e. The van der Waals surface area contributed by atoms with E-state index in [1.54, 1.807) is 14.2 Å². The van der Waals surface area contributed by atoms with E-state index in [1.807, 2.05) is 0 Å². The molecule has 1 N–H and O–H groups in total. The van der Waals surface area contributed by atoms with Gasteiger partial charge < -0.3 is 29.2 Å². The van der Waals surface area contributed by atoms with Crippen molar-refractivity contribution < 1.29 is 23.7 Å². The summed E-state index contributed by atoms with van der Waals surface area (Å²) in [5.74, 6) is 0.778. The molecule has 0 unspecified atom stereocenters. The number of hydrogen-bond acceptors (Lipinski definition) is 6. The maximum Gasteiger partial charge on any atom is 0.230 e. The molecule has 1 spiro atoms. The number of benzene rings is 2. The van der Waals surface area contributed by atoms with Crippen LogP contribution < -0.4 is 10.1 Å². The van der Waals surface area contributed by atoms with E-state index in [4.69, 9.17) is 18.9 Å². The van der Waals surface area contributed by atoms with Crippen molar-refractivity contribution in [2.24, 2.45) is 5.92 Å². The first-order chi connectivity index (χ1) is 18.1. The van der Waals surface area contributed by atoms with Gasteiger partial charge in [0.05, 0.1) is 19.1 Å². The second-order valence-corrected chi connectivity index (χ2v) is 10.5. The third kappa shape index (κ3) is 5.85. The molecule has 5 rings (SSSR count). The molecule has 2 heterocycles. The molecular formula is C30H40N2O5. The molecule has 7 nitrogen and oxygen atoms in total. The van der Waals surface area contributed by atoms with Crippen molar-refractivity contribution in [1.82, 2.24) is 10.2 Å². The number of hydrogen-bond donors (Lipinski definition) is 1. The van der Waals surface area contributed by atoms with Gasteiger partial charge in [-0.1, -0.05) is 30.3 Å². The van der Waals surface area contributed by atoms with Crippen LogP contribution in [0.1, 0.15) is 47.9 Å². The largest absolute Gasteiger partial charge is 0.491 e. The first kappa shape index (κ1) is 26.2. The van der Waals surface area contributed by atoms with Gasteiger partial charge in [-0.15, -0.1) is 0 Å². The number of ether oxygens (including phenoxy) is 4. The Kier molecular flexibility index (Phi) is 8.45. The number of nitrogens with one attached hydrogen (secondary N) is 1. The van der Waals surface area contributed by atoms with Gasteiger partial charge in [0.2, 0.25) is 5.91 Å². The number of methoxy groups -OCH3 is 2. The number of nitrogens with zero attached hydrogens (tertiary/aromatic N) is 1. The van der Waals surface area contributed by atoms with Crippen molar-refractivity contribution in [3.05, 3.63) is 64.7 Å². The quantitative estimate of drug-likeness (QED) is 0.440. The van der Waals surface area contributed by atoms with Crippen LogP contribution >= 0.6 is 0 Å². The number of carbonyl (C=O) groups excluding carboxylic acids is 1. The molecule has 7 heteroatoms. The molecule has 0 aromatic heterocycles. The van der Waals surface area contributed by atoms with Crippen molar-refractivity contribution in [3.63, 3.8) is 0 Å². The van der Waals surface area contributed by atoms with Crippen LogP contribution in [0.2, 0.25) is 0 Å². The monoisotopic (exact) mass is 508 g/mol. The van der Waals surface area contributed by atoms with Crippen molar-refractivity contribution in [2.75, 3.05) is 47.1 Å². The first-order valence-electron chi connectivity index (χ1n) is 13.6. The lowest BCUT2D eigenvalue weighted by atomic mass is 9.75. The van der Waals surface area contributed by atoms with Gasteiger partial charge in [0, 0.05) is 40.0 Å². The molecule has 0 radical (unpaired) electrons. The minimum Gasteiger partial charge on any atom is -0.491 e. The molecule has 2 aromatic rings. The van der Waals surface area contributed by atoms with Gasteiger partial charge in [-0.05, 0) is 73.0 Å². The standard InChI is InChI=1S/C30H40N2O5/c1-34-13-5-6-22-16-23(18-26(17-22)36-15-14-35-2)20-32(25-9-10-25)29(33)28-19-31-12-11-30(28)27-8-4-3-7-24(27)21-37-30/h3-4,7-8,16-18,25,28,31H,5-6,9-15,19-21H2,1-2H3/t28-,30+/m1/s1. The lowest BCUT2D eigenvalue weighted by Gasteiger charge is -2.43. The molecule has 0 bridgehead atoms. The second-order valence-electron chi connectivity index (χ2n) is 10.5. The molecule has 37 heavy (non-hydrogen) atoms. The second kappa shape index (κ2) is 11.9. The fourth-order valence-electron chi connectivity index (χ4n) is 5.87. The highest BCUT2D eigenvalue weighted by Gasteiger charge is 2.53. The zero-order valence-electron chi connectivity index (χ0n) is 22.2. The summed E-state index contributed by atoms with van der Waals surface area (Å²) in [5.41, 5.74) is 4.17. The van der Waals surface area contributed by atoms with Crippen LogP contribution in [0.25, 0.3) is 0 Å². The first-order valence-corrected chi connectivity index (χ1v) is 13.6. The summed E-state index contributed by atoms with van der Waals surface area (Å²) >= 11 is 0. The molecule has 2 aromatic carbocycles. The van der Waals surface area contributed by atoms with Gasteiger partial charge >= 0.3 is 0 Å². The molecule has 2 atom stereocenters. The Morgan fingerprint density at radius 1 is 1.08 bits per heavy atom. The molecule has 1 saturated heterocycles. The highest BCUT2D eigenvalue weighted by molar-refractivity contribution is 5.82. The number of rotatable bonds is 12. The average Bonchev–Trinajstić information content (AvgIpc) is 3.70. The van der Waals surface area contributed by atoms with E-state index >= 15 is 0 Å². The maximum atomic E-state index is 14.3. The average molecular weight is 509 g/mol. The fraction of sp³-hybridized carbons (Fsp3) is 0.567. The predicted molar refractivity (Wildman–Crippen MR) is 141 cm³/mol. The SMILES string of the molecule is COCCCc1cc(CN(C(=O)[C@H]2CNCC[C@@]23OCc2ccccc23)C2CC2)cc(OCCOC)c1. The zero-order chi connectivity index (χ0) is 25.7. The van der Waals surface area contributed by atoms with Gasteiger partial charge in [-0.2, -0.15) is 0 Å². The van der Waals surface area contributed by atoms with Gasteiger partial charge in [0.25, 0.3) is 0 Å².